The van der Waals surface area contributed by atoms with Gasteiger partial charge < -0.3 is 5.32 Å². The molecule has 0 unspecified atom stereocenters. The van der Waals surface area contributed by atoms with Crippen LogP contribution < -0.4 is 5.32 Å². The van der Waals surface area contributed by atoms with Crippen LogP contribution in [-0.2, 0) is 6.54 Å². The number of aryl methyl sites for hydroxylation is 2. The van der Waals surface area contributed by atoms with Gasteiger partial charge in [-0.1, -0.05) is 12.1 Å². The predicted octanol–water partition coefficient (Wildman–Crippen LogP) is 3.40. The molecule has 2 N–H and O–H groups in total. The number of anilines is 1. The zero-order chi connectivity index (χ0) is 18.1. The topological polar surface area (TPSA) is 88.5 Å². The van der Waals surface area contributed by atoms with Gasteiger partial charge in [-0.15, -0.1) is 0 Å². The van der Waals surface area contributed by atoms with E-state index in [1.807, 2.05) is 55.1 Å². The van der Waals surface area contributed by atoms with Gasteiger partial charge in [0.1, 0.15) is 0 Å². The third-order valence-corrected chi connectivity index (χ3v) is 4.30. The Morgan fingerprint density at radius 1 is 1.23 bits per heavy atom. The highest BCUT2D eigenvalue weighted by molar-refractivity contribution is 6.06. The van der Waals surface area contributed by atoms with E-state index >= 15 is 0 Å². The Bertz CT molecular complexity index is 1080. The first-order chi connectivity index (χ1) is 12.7. The monoisotopic (exact) mass is 346 g/mol. The van der Waals surface area contributed by atoms with Gasteiger partial charge in [0.25, 0.3) is 5.91 Å². The number of hydrogen-bond acceptors (Lipinski definition) is 4. The Kier molecular flexibility index (Phi) is 3.96. The molecule has 0 bridgehead atoms. The molecule has 0 radical (unpaired) electrons. The van der Waals surface area contributed by atoms with Crippen molar-refractivity contribution in [2.75, 3.05) is 5.32 Å². The summed E-state index contributed by atoms with van der Waals surface area (Å²) in [7, 11) is 0. The minimum Gasteiger partial charge on any atom is -0.322 e. The fourth-order valence-electron chi connectivity index (χ4n) is 2.94. The molecule has 1 aromatic carbocycles. The maximum absolute atomic E-state index is 12.8. The summed E-state index contributed by atoms with van der Waals surface area (Å²) in [5.41, 5.74) is 4.68. The highest BCUT2D eigenvalue weighted by Gasteiger charge is 2.14. The molecule has 7 nitrogen and oxygen atoms in total. The van der Waals surface area contributed by atoms with Gasteiger partial charge in [0.15, 0.2) is 5.65 Å². The number of rotatable bonds is 4. The van der Waals surface area contributed by atoms with Crippen LogP contribution in [0, 0.1) is 6.92 Å². The zero-order valence-electron chi connectivity index (χ0n) is 14.5. The molecule has 0 saturated carbocycles. The molecule has 0 fully saturated rings. The van der Waals surface area contributed by atoms with Gasteiger partial charge in [0, 0.05) is 29.4 Å². The van der Waals surface area contributed by atoms with Gasteiger partial charge in [-0.2, -0.15) is 10.2 Å². The van der Waals surface area contributed by atoms with Gasteiger partial charge >= 0.3 is 0 Å². The van der Waals surface area contributed by atoms with Crippen molar-refractivity contribution in [2.24, 2.45) is 0 Å². The van der Waals surface area contributed by atoms with Crippen molar-refractivity contribution >= 4 is 22.6 Å². The van der Waals surface area contributed by atoms with Gasteiger partial charge in [0.2, 0.25) is 0 Å². The largest absolute Gasteiger partial charge is 0.322 e. The summed E-state index contributed by atoms with van der Waals surface area (Å²) in [6, 6.07) is 9.49. The van der Waals surface area contributed by atoms with E-state index in [9.17, 15) is 4.79 Å². The van der Waals surface area contributed by atoms with Crippen molar-refractivity contribution in [1.82, 2.24) is 25.0 Å². The Labute approximate surface area is 150 Å². The van der Waals surface area contributed by atoms with Crippen molar-refractivity contribution in [3.05, 3.63) is 60.2 Å². The van der Waals surface area contributed by atoms with Crippen molar-refractivity contribution in [2.45, 2.75) is 20.4 Å². The quantitative estimate of drug-likeness (QED) is 0.593. The van der Waals surface area contributed by atoms with Crippen LogP contribution in [0.2, 0.25) is 0 Å². The van der Waals surface area contributed by atoms with Crippen LogP contribution >= 0.6 is 0 Å². The fraction of sp³-hybridized carbons (Fsp3) is 0.158. The number of nitrogens with one attached hydrogen (secondary N) is 2. The maximum Gasteiger partial charge on any atom is 0.257 e. The summed E-state index contributed by atoms with van der Waals surface area (Å²) in [6.45, 7) is 4.59. The van der Waals surface area contributed by atoms with Crippen molar-refractivity contribution in [3.8, 4) is 11.1 Å². The van der Waals surface area contributed by atoms with E-state index in [1.54, 1.807) is 12.4 Å². The van der Waals surface area contributed by atoms with Crippen molar-refractivity contribution in [1.29, 1.82) is 0 Å². The third-order valence-electron chi connectivity index (χ3n) is 4.30. The standard InChI is InChI=1S/C19H18N6O/c1-3-25-18-14(11-22-25)8-17(12(2)23-18)19(26)24-16-6-4-5-13(7-16)15-9-20-21-10-15/h4-11H,3H2,1-2H3,(H,20,21)(H,24,26). The molecule has 0 aliphatic carbocycles. The van der Waals surface area contributed by atoms with E-state index in [0.717, 1.165) is 34.4 Å². The predicted molar refractivity (Wildman–Crippen MR) is 99.9 cm³/mol. The molecule has 0 aliphatic rings. The summed E-state index contributed by atoms with van der Waals surface area (Å²) >= 11 is 0. The molecular weight excluding hydrogens is 328 g/mol. The highest BCUT2D eigenvalue weighted by Crippen LogP contribution is 2.23. The van der Waals surface area contributed by atoms with Crippen molar-refractivity contribution < 1.29 is 4.79 Å². The van der Waals surface area contributed by atoms with Crippen molar-refractivity contribution in [3.63, 3.8) is 0 Å². The second-order valence-corrected chi connectivity index (χ2v) is 6.02. The fourth-order valence-corrected chi connectivity index (χ4v) is 2.94. The van der Waals surface area contributed by atoms with E-state index in [-0.39, 0.29) is 5.91 Å². The zero-order valence-corrected chi connectivity index (χ0v) is 14.5. The number of carbonyl (C=O) groups excluding carboxylic acids is 1. The molecule has 3 heterocycles. The number of hydrogen-bond donors (Lipinski definition) is 2. The lowest BCUT2D eigenvalue weighted by Gasteiger charge is -2.09. The number of nitrogens with zero attached hydrogens (tertiary/aromatic N) is 4. The molecule has 4 rings (SSSR count). The Morgan fingerprint density at radius 3 is 2.88 bits per heavy atom. The average molecular weight is 346 g/mol. The number of fused-ring (bicyclic) bond motifs is 1. The van der Waals surface area contributed by atoms with Gasteiger partial charge in [-0.25, -0.2) is 9.67 Å². The van der Waals surface area contributed by atoms with E-state index in [0.29, 0.717) is 11.3 Å². The lowest BCUT2D eigenvalue weighted by Crippen LogP contribution is -2.14. The third kappa shape index (κ3) is 2.83. The summed E-state index contributed by atoms with van der Waals surface area (Å²) in [6.07, 6.45) is 5.30. The Hall–Kier alpha value is -3.48. The number of aromatic nitrogens is 5. The maximum atomic E-state index is 12.8. The summed E-state index contributed by atoms with van der Waals surface area (Å²) < 4.78 is 1.82. The van der Waals surface area contributed by atoms with E-state index in [2.05, 4.69) is 25.6 Å². The minimum absolute atomic E-state index is 0.189. The SMILES string of the molecule is CCn1ncc2cc(C(=O)Nc3cccc(-c4cn[nH]c4)c3)c(C)nc21. The molecule has 0 aliphatic heterocycles. The number of benzene rings is 1. The van der Waals surface area contributed by atoms with Crippen LogP contribution in [0.4, 0.5) is 5.69 Å². The number of aromatic amines is 1. The molecular formula is C19H18N6O. The summed E-state index contributed by atoms with van der Waals surface area (Å²) in [5, 5.41) is 14.8. The summed E-state index contributed by atoms with van der Waals surface area (Å²) in [4.78, 5) is 17.3. The highest BCUT2D eigenvalue weighted by atomic mass is 16.1. The second-order valence-electron chi connectivity index (χ2n) is 6.02. The molecule has 26 heavy (non-hydrogen) atoms. The number of carbonyl (C=O) groups is 1. The Balaban J connectivity index is 1.63. The van der Waals surface area contributed by atoms with Crippen LogP contribution in [0.3, 0.4) is 0 Å². The van der Waals surface area contributed by atoms with Crippen LogP contribution in [0.15, 0.2) is 48.9 Å². The Morgan fingerprint density at radius 2 is 2.12 bits per heavy atom. The van der Waals surface area contributed by atoms with Gasteiger partial charge in [0.05, 0.1) is 23.7 Å². The lowest BCUT2D eigenvalue weighted by atomic mass is 10.1. The molecule has 1 amide bonds. The first-order valence-corrected chi connectivity index (χ1v) is 8.39. The molecule has 7 heteroatoms. The second kappa shape index (κ2) is 6.44. The van der Waals surface area contributed by atoms with Gasteiger partial charge in [-0.05, 0) is 37.6 Å². The molecule has 0 atom stereocenters. The van der Waals surface area contributed by atoms with E-state index < -0.39 is 0 Å². The smallest absolute Gasteiger partial charge is 0.257 e. The van der Waals surface area contributed by atoms with E-state index in [1.165, 1.54) is 0 Å². The lowest BCUT2D eigenvalue weighted by molar-refractivity contribution is 0.102. The normalized spacial score (nSPS) is 11.0. The van der Waals surface area contributed by atoms with E-state index in [4.69, 9.17) is 0 Å². The average Bonchev–Trinajstić information content (AvgIpc) is 3.30. The number of amides is 1. The molecule has 130 valence electrons. The van der Waals surface area contributed by atoms with Crippen LogP contribution in [-0.4, -0.2) is 30.9 Å². The minimum atomic E-state index is -0.189. The molecule has 4 aromatic rings. The molecule has 3 aromatic heterocycles. The van der Waals surface area contributed by atoms with Crippen LogP contribution in [0.25, 0.3) is 22.2 Å². The summed E-state index contributed by atoms with van der Waals surface area (Å²) in [5.74, 6) is -0.189. The molecule has 0 saturated heterocycles. The molecule has 0 spiro atoms. The van der Waals surface area contributed by atoms with Gasteiger partial charge in [-0.3, -0.25) is 9.89 Å². The van der Waals surface area contributed by atoms with Crippen LogP contribution in [0.5, 0.6) is 0 Å². The van der Waals surface area contributed by atoms with Crippen LogP contribution in [0.1, 0.15) is 23.0 Å². The number of pyridine rings is 1. The number of H-pyrrole nitrogens is 1. The first kappa shape index (κ1) is 16.0. The first-order valence-electron chi connectivity index (χ1n) is 8.39.